The number of hydrogen-bond acceptors (Lipinski definition) is 5. The predicted octanol–water partition coefficient (Wildman–Crippen LogP) is 2.33. The molecular formula is C16H19F3N4O2. The van der Waals surface area contributed by atoms with Crippen molar-refractivity contribution < 1.29 is 23.0 Å². The fraction of sp³-hybridized carbons (Fsp3) is 0.625. The van der Waals surface area contributed by atoms with E-state index in [0.717, 1.165) is 0 Å². The molecule has 2 aromatic heterocycles. The molecule has 0 bridgehead atoms. The second kappa shape index (κ2) is 6.14. The van der Waals surface area contributed by atoms with Gasteiger partial charge < -0.3 is 15.2 Å². The van der Waals surface area contributed by atoms with Crippen LogP contribution in [0.1, 0.15) is 37.3 Å². The Morgan fingerprint density at radius 1 is 1.36 bits per heavy atom. The maximum Gasteiger partial charge on any atom is 0.248 e. The van der Waals surface area contributed by atoms with Gasteiger partial charge >= 0.3 is 0 Å². The molecule has 1 saturated heterocycles. The number of aliphatic hydroxyl groups is 1. The molecule has 6 nitrogen and oxygen atoms in total. The number of aromatic nitrogens is 3. The normalized spacial score (nSPS) is 29.2. The molecule has 3 atom stereocenters. The Balaban J connectivity index is 1.64. The highest BCUT2D eigenvalue weighted by Gasteiger charge is 2.41. The lowest BCUT2D eigenvalue weighted by Crippen LogP contribution is -2.42. The number of alkyl halides is 2. The van der Waals surface area contributed by atoms with Crippen LogP contribution in [0.5, 0.6) is 0 Å². The third-order valence-corrected chi connectivity index (χ3v) is 4.96. The van der Waals surface area contributed by atoms with Crippen molar-refractivity contribution in [3.8, 4) is 0 Å². The smallest absolute Gasteiger partial charge is 0.248 e. The molecule has 0 amide bonds. The molecule has 2 aromatic rings. The van der Waals surface area contributed by atoms with Gasteiger partial charge in [-0.1, -0.05) is 0 Å². The van der Waals surface area contributed by atoms with Crippen molar-refractivity contribution in [3.05, 3.63) is 23.8 Å². The SMILES string of the molecule is O[C@@H]1COCC[C@H]1Nc1ncc2c(F)cc(C3CCC(F)(F)C3)n2n1. The van der Waals surface area contributed by atoms with Gasteiger partial charge in [-0.25, -0.2) is 22.7 Å². The summed E-state index contributed by atoms with van der Waals surface area (Å²) in [4.78, 5) is 4.08. The summed E-state index contributed by atoms with van der Waals surface area (Å²) < 4.78 is 47.7. The van der Waals surface area contributed by atoms with Crippen LogP contribution in [0.15, 0.2) is 12.3 Å². The van der Waals surface area contributed by atoms with Crippen molar-refractivity contribution in [2.45, 2.75) is 49.7 Å². The van der Waals surface area contributed by atoms with E-state index in [9.17, 15) is 18.3 Å². The van der Waals surface area contributed by atoms with Crippen molar-refractivity contribution in [1.29, 1.82) is 0 Å². The number of rotatable bonds is 3. The van der Waals surface area contributed by atoms with Gasteiger partial charge in [-0.2, -0.15) is 0 Å². The molecule has 0 radical (unpaired) electrons. The van der Waals surface area contributed by atoms with Crippen molar-refractivity contribution in [2.75, 3.05) is 18.5 Å². The highest BCUT2D eigenvalue weighted by molar-refractivity contribution is 5.50. The number of aliphatic hydroxyl groups excluding tert-OH is 1. The molecule has 1 aliphatic carbocycles. The van der Waals surface area contributed by atoms with E-state index in [1.165, 1.54) is 16.8 Å². The van der Waals surface area contributed by atoms with Gasteiger partial charge in [-0.05, 0) is 18.9 Å². The molecule has 3 heterocycles. The van der Waals surface area contributed by atoms with E-state index in [2.05, 4.69) is 15.4 Å². The maximum atomic E-state index is 14.1. The molecule has 0 aromatic carbocycles. The van der Waals surface area contributed by atoms with Crippen LogP contribution in [0, 0.1) is 5.82 Å². The van der Waals surface area contributed by atoms with Crippen LogP contribution in [-0.2, 0) is 4.74 Å². The zero-order valence-electron chi connectivity index (χ0n) is 13.5. The standard InChI is InChI=1S/C16H19F3N4O2/c17-10-5-12(9-1-3-16(18,19)6-9)23-13(10)7-20-15(22-23)21-11-2-4-25-8-14(11)24/h5,7,9,11,14,24H,1-4,6,8H2,(H,21,22)/t9?,11-,14-/m1/s1. The molecule has 1 aliphatic heterocycles. The third kappa shape index (κ3) is 3.18. The molecule has 136 valence electrons. The van der Waals surface area contributed by atoms with Crippen LogP contribution in [-0.4, -0.2) is 51.0 Å². The summed E-state index contributed by atoms with van der Waals surface area (Å²) in [5.41, 5.74) is 0.589. The zero-order chi connectivity index (χ0) is 17.6. The molecule has 2 N–H and O–H groups in total. The second-order valence-corrected chi connectivity index (χ2v) is 6.77. The molecule has 25 heavy (non-hydrogen) atoms. The highest BCUT2D eigenvalue weighted by Crippen LogP contribution is 2.44. The monoisotopic (exact) mass is 356 g/mol. The summed E-state index contributed by atoms with van der Waals surface area (Å²) in [5, 5.41) is 17.2. The van der Waals surface area contributed by atoms with Crippen molar-refractivity contribution in [2.24, 2.45) is 0 Å². The minimum Gasteiger partial charge on any atom is -0.389 e. The van der Waals surface area contributed by atoms with E-state index in [1.807, 2.05) is 0 Å². The summed E-state index contributed by atoms with van der Waals surface area (Å²) in [7, 11) is 0. The van der Waals surface area contributed by atoms with E-state index in [1.54, 1.807) is 0 Å². The quantitative estimate of drug-likeness (QED) is 0.883. The first-order valence-corrected chi connectivity index (χ1v) is 8.37. The van der Waals surface area contributed by atoms with Crippen LogP contribution in [0.25, 0.3) is 5.52 Å². The van der Waals surface area contributed by atoms with Crippen LogP contribution in [0.2, 0.25) is 0 Å². The second-order valence-electron chi connectivity index (χ2n) is 6.77. The van der Waals surface area contributed by atoms with Crippen LogP contribution in [0.4, 0.5) is 19.1 Å². The molecule has 4 rings (SSSR count). The summed E-state index contributed by atoms with van der Waals surface area (Å²) in [6, 6.07) is 0.995. The fourth-order valence-corrected chi connectivity index (χ4v) is 3.59. The van der Waals surface area contributed by atoms with E-state index in [0.29, 0.717) is 25.1 Å². The minimum atomic E-state index is -2.72. The summed E-state index contributed by atoms with van der Waals surface area (Å²) >= 11 is 0. The van der Waals surface area contributed by atoms with Gasteiger partial charge in [-0.15, -0.1) is 5.10 Å². The van der Waals surface area contributed by atoms with Gasteiger partial charge in [0.15, 0.2) is 5.82 Å². The summed E-state index contributed by atoms with van der Waals surface area (Å²) in [5.74, 6) is -3.46. The average Bonchev–Trinajstić information content (AvgIpc) is 3.09. The fourth-order valence-electron chi connectivity index (χ4n) is 3.59. The molecule has 2 aliphatic rings. The number of anilines is 1. The van der Waals surface area contributed by atoms with Crippen LogP contribution >= 0.6 is 0 Å². The Kier molecular flexibility index (Phi) is 4.07. The average molecular weight is 356 g/mol. The van der Waals surface area contributed by atoms with Gasteiger partial charge in [0.1, 0.15) is 5.52 Å². The molecule has 0 spiro atoms. The minimum absolute atomic E-state index is 0.156. The Morgan fingerprint density at radius 2 is 2.20 bits per heavy atom. The number of ether oxygens (including phenoxy) is 1. The number of halogens is 3. The summed E-state index contributed by atoms with van der Waals surface area (Å²) in [6.07, 6.45) is 1.02. The lowest BCUT2D eigenvalue weighted by molar-refractivity contribution is -0.0136. The molecule has 1 unspecified atom stereocenters. The first kappa shape index (κ1) is 16.6. The Bertz CT molecular complexity index is 782. The van der Waals surface area contributed by atoms with Gasteiger partial charge in [0.25, 0.3) is 0 Å². The first-order valence-electron chi connectivity index (χ1n) is 8.37. The maximum absolute atomic E-state index is 14.1. The van der Waals surface area contributed by atoms with Gasteiger partial charge in [0, 0.05) is 31.1 Å². The largest absolute Gasteiger partial charge is 0.389 e. The number of nitrogens with one attached hydrogen (secondary N) is 1. The topological polar surface area (TPSA) is 71.7 Å². The van der Waals surface area contributed by atoms with Crippen molar-refractivity contribution in [3.63, 3.8) is 0 Å². The van der Waals surface area contributed by atoms with E-state index < -0.39 is 23.8 Å². The molecule has 9 heteroatoms. The molecular weight excluding hydrogens is 337 g/mol. The zero-order valence-corrected chi connectivity index (χ0v) is 13.5. The predicted molar refractivity (Wildman–Crippen MR) is 83.3 cm³/mol. The molecule has 1 saturated carbocycles. The molecule has 2 fully saturated rings. The van der Waals surface area contributed by atoms with Gasteiger partial charge in [0.05, 0.1) is 24.9 Å². The number of hydrogen-bond donors (Lipinski definition) is 2. The number of fused-ring (bicyclic) bond motifs is 1. The van der Waals surface area contributed by atoms with E-state index in [-0.39, 0.29) is 37.0 Å². The van der Waals surface area contributed by atoms with Crippen molar-refractivity contribution in [1.82, 2.24) is 14.6 Å². The van der Waals surface area contributed by atoms with Gasteiger partial charge in [0.2, 0.25) is 11.9 Å². The Labute approximate surface area is 142 Å². The van der Waals surface area contributed by atoms with Crippen molar-refractivity contribution >= 4 is 11.5 Å². The summed E-state index contributed by atoms with van der Waals surface area (Å²) in [6.45, 7) is 0.734. The highest BCUT2D eigenvalue weighted by atomic mass is 19.3. The lowest BCUT2D eigenvalue weighted by atomic mass is 10.0. The Morgan fingerprint density at radius 3 is 2.92 bits per heavy atom. The number of nitrogens with zero attached hydrogens (tertiary/aromatic N) is 3. The van der Waals surface area contributed by atoms with Crippen LogP contribution < -0.4 is 5.32 Å². The first-order chi connectivity index (χ1) is 11.9. The van der Waals surface area contributed by atoms with E-state index in [4.69, 9.17) is 4.74 Å². The lowest BCUT2D eigenvalue weighted by Gasteiger charge is -2.28. The van der Waals surface area contributed by atoms with E-state index >= 15 is 0 Å². The Hall–Kier alpha value is -1.87. The van der Waals surface area contributed by atoms with Crippen LogP contribution in [0.3, 0.4) is 0 Å². The van der Waals surface area contributed by atoms with Gasteiger partial charge in [-0.3, -0.25) is 0 Å². The third-order valence-electron chi connectivity index (χ3n) is 4.96.